The number of piperidine rings is 1. The second-order valence-electron chi connectivity index (χ2n) is 5.68. The third-order valence-corrected chi connectivity index (χ3v) is 4.03. The topological polar surface area (TPSA) is 100 Å². The summed E-state index contributed by atoms with van der Waals surface area (Å²) in [5.41, 5.74) is 1.02. The molecule has 2 aromatic rings. The van der Waals surface area contributed by atoms with Crippen LogP contribution in [0.1, 0.15) is 12.8 Å². The van der Waals surface area contributed by atoms with Gasteiger partial charge >= 0.3 is 11.8 Å². The monoisotopic (exact) mass is 326 g/mol. The number of amides is 3. The summed E-state index contributed by atoms with van der Waals surface area (Å²) in [6.45, 7) is 1.47. The Labute approximate surface area is 138 Å². The number of rotatable bonds is 2. The number of fused-ring (bicyclic) bond motifs is 1. The molecule has 1 saturated heterocycles. The van der Waals surface area contributed by atoms with Crippen molar-refractivity contribution in [3.63, 3.8) is 0 Å². The van der Waals surface area contributed by atoms with Gasteiger partial charge in [0.05, 0.1) is 11.2 Å². The molecule has 0 atom stereocenters. The van der Waals surface area contributed by atoms with Crippen molar-refractivity contribution in [3.05, 3.63) is 36.5 Å². The van der Waals surface area contributed by atoms with Gasteiger partial charge in [-0.1, -0.05) is 18.2 Å². The lowest BCUT2D eigenvalue weighted by Crippen LogP contribution is -2.44. The Hall–Kier alpha value is -2.80. The molecule has 24 heavy (non-hydrogen) atoms. The number of imide groups is 1. The number of hydrogen-bond acceptors (Lipinski definition) is 5. The summed E-state index contributed by atoms with van der Waals surface area (Å²) in [6, 6.07) is 8.93. The number of para-hydroxylation sites is 1. The molecular weight excluding hydrogens is 308 g/mol. The standard InChI is InChI=1S/C17H18N4O3/c22-15(12-6-9-18-10-7-12)21-17(24)16(23)20-13-5-1-3-11-4-2-8-19-14(11)13/h1-5,8,12,18H,6-7,9-10H2,(H,20,23)(H,21,22,24). The lowest BCUT2D eigenvalue weighted by atomic mass is 9.97. The van der Waals surface area contributed by atoms with E-state index in [9.17, 15) is 14.4 Å². The first kappa shape index (κ1) is 16.1. The number of anilines is 1. The van der Waals surface area contributed by atoms with Crippen LogP contribution < -0.4 is 16.0 Å². The molecule has 3 rings (SSSR count). The van der Waals surface area contributed by atoms with Crippen molar-refractivity contribution >= 4 is 34.3 Å². The molecule has 3 amide bonds. The van der Waals surface area contributed by atoms with Gasteiger partial charge in [-0.05, 0) is 38.1 Å². The molecule has 0 unspecified atom stereocenters. The van der Waals surface area contributed by atoms with Crippen molar-refractivity contribution in [1.82, 2.24) is 15.6 Å². The molecule has 1 aliphatic heterocycles. The van der Waals surface area contributed by atoms with Gasteiger partial charge in [0, 0.05) is 17.5 Å². The van der Waals surface area contributed by atoms with Crippen LogP contribution in [0, 0.1) is 5.92 Å². The largest absolute Gasteiger partial charge is 0.317 e. The molecule has 1 aromatic carbocycles. The van der Waals surface area contributed by atoms with E-state index < -0.39 is 17.7 Å². The first-order valence-corrected chi connectivity index (χ1v) is 7.86. The minimum absolute atomic E-state index is 0.234. The lowest BCUT2D eigenvalue weighted by Gasteiger charge is -2.21. The summed E-state index contributed by atoms with van der Waals surface area (Å²) in [5, 5.41) is 8.69. The number of benzene rings is 1. The number of nitrogens with one attached hydrogen (secondary N) is 3. The fourth-order valence-electron chi connectivity index (χ4n) is 2.74. The van der Waals surface area contributed by atoms with Gasteiger partial charge in [-0.3, -0.25) is 24.7 Å². The number of hydrogen-bond donors (Lipinski definition) is 3. The summed E-state index contributed by atoms with van der Waals surface area (Å²) in [7, 11) is 0. The molecule has 1 fully saturated rings. The first-order valence-electron chi connectivity index (χ1n) is 7.86. The number of nitrogens with zero attached hydrogens (tertiary/aromatic N) is 1. The van der Waals surface area contributed by atoms with Crippen LogP contribution in [0.15, 0.2) is 36.5 Å². The lowest BCUT2D eigenvalue weighted by molar-refractivity contribution is -0.141. The Morgan fingerprint density at radius 3 is 2.58 bits per heavy atom. The normalized spacial score (nSPS) is 15.0. The molecule has 124 valence electrons. The zero-order chi connectivity index (χ0) is 16.9. The SMILES string of the molecule is O=C(NC(=O)C1CCNCC1)C(=O)Nc1cccc2cccnc12. The van der Waals surface area contributed by atoms with Crippen LogP contribution in [0.4, 0.5) is 5.69 Å². The molecule has 1 aliphatic rings. The van der Waals surface area contributed by atoms with Crippen LogP contribution in [-0.2, 0) is 14.4 Å². The average molecular weight is 326 g/mol. The highest BCUT2D eigenvalue weighted by Crippen LogP contribution is 2.20. The Kier molecular flexibility index (Phi) is 4.81. The molecule has 0 aliphatic carbocycles. The van der Waals surface area contributed by atoms with Gasteiger partial charge in [-0.15, -0.1) is 0 Å². The van der Waals surface area contributed by atoms with Crippen molar-refractivity contribution in [2.75, 3.05) is 18.4 Å². The van der Waals surface area contributed by atoms with Gasteiger partial charge in [0.15, 0.2) is 0 Å². The molecule has 2 heterocycles. The summed E-state index contributed by atoms with van der Waals surface area (Å²) in [5.74, 6) is -2.46. The summed E-state index contributed by atoms with van der Waals surface area (Å²) >= 11 is 0. The number of aromatic nitrogens is 1. The summed E-state index contributed by atoms with van der Waals surface area (Å²) < 4.78 is 0. The molecule has 3 N–H and O–H groups in total. The van der Waals surface area contributed by atoms with E-state index in [1.807, 2.05) is 12.1 Å². The predicted octanol–water partition coefficient (Wildman–Crippen LogP) is 0.816. The molecule has 0 bridgehead atoms. The fourth-order valence-corrected chi connectivity index (χ4v) is 2.74. The Morgan fingerprint density at radius 1 is 1.04 bits per heavy atom. The quantitative estimate of drug-likeness (QED) is 0.709. The van der Waals surface area contributed by atoms with E-state index in [1.165, 1.54) is 0 Å². The number of pyridine rings is 1. The highest BCUT2D eigenvalue weighted by atomic mass is 16.2. The molecule has 0 saturated carbocycles. The Morgan fingerprint density at radius 2 is 1.79 bits per heavy atom. The second kappa shape index (κ2) is 7.18. The van der Waals surface area contributed by atoms with Crippen LogP contribution >= 0.6 is 0 Å². The first-order chi connectivity index (χ1) is 11.6. The van der Waals surface area contributed by atoms with Crippen molar-refractivity contribution in [2.24, 2.45) is 5.92 Å². The van der Waals surface area contributed by atoms with Crippen molar-refractivity contribution in [1.29, 1.82) is 0 Å². The number of carbonyl (C=O) groups is 3. The zero-order valence-electron chi connectivity index (χ0n) is 13.0. The van der Waals surface area contributed by atoms with E-state index in [1.54, 1.807) is 24.4 Å². The van der Waals surface area contributed by atoms with Gasteiger partial charge in [-0.2, -0.15) is 0 Å². The molecule has 7 heteroatoms. The molecule has 1 aromatic heterocycles. The van der Waals surface area contributed by atoms with Gasteiger partial charge in [0.25, 0.3) is 0 Å². The fraction of sp³-hybridized carbons (Fsp3) is 0.294. The third kappa shape index (κ3) is 3.57. The van der Waals surface area contributed by atoms with Gasteiger partial charge in [-0.25, -0.2) is 0 Å². The van der Waals surface area contributed by atoms with Crippen LogP contribution in [0.25, 0.3) is 10.9 Å². The van der Waals surface area contributed by atoms with E-state index in [4.69, 9.17) is 0 Å². The van der Waals surface area contributed by atoms with Crippen molar-refractivity contribution < 1.29 is 14.4 Å². The smallest absolute Gasteiger partial charge is 0.316 e. The van der Waals surface area contributed by atoms with E-state index in [2.05, 4.69) is 20.9 Å². The maximum Gasteiger partial charge on any atom is 0.316 e. The van der Waals surface area contributed by atoms with Crippen molar-refractivity contribution in [3.8, 4) is 0 Å². The minimum atomic E-state index is -0.952. The third-order valence-electron chi connectivity index (χ3n) is 4.03. The molecule has 0 radical (unpaired) electrons. The average Bonchev–Trinajstić information content (AvgIpc) is 2.62. The molecule has 7 nitrogen and oxygen atoms in total. The highest BCUT2D eigenvalue weighted by molar-refractivity contribution is 6.42. The zero-order valence-corrected chi connectivity index (χ0v) is 13.0. The molecular formula is C17H18N4O3. The Balaban J connectivity index is 1.65. The molecule has 0 spiro atoms. The maximum atomic E-state index is 12.1. The Bertz CT molecular complexity index is 779. The van der Waals surface area contributed by atoms with Gasteiger partial charge < -0.3 is 10.6 Å². The second-order valence-corrected chi connectivity index (χ2v) is 5.68. The predicted molar refractivity (Wildman–Crippen MR) is 89.1 cm³/mol. The van der Waals surface area contributed by atoms with Gasteiger partial charge in [0.2, 0.25) is 5.91 Å². The van der Waals surface area contributed by atoms with E-state index >= 15 is 0 Å². The number of carbonyl (C=O) groups excluding carboxylic acids is 3. The van der Waals surface area contributed by atoms with Crippen LogP contribution in [0.5, 0.6) is 0 Å². The minimum Gasteiger partial charge on any atom is -0.317 e. The summed E-state index contributed by atoms with van der Waals surface area (Å²) in [6.07, 6.45) is 2.93. The summed E-state index contributed by atoms with van der Waals surface area (Å²) in [4.78, 5) is 40.2. The van der Waals surface area contributed by atoms with Crippen LogP contribution in [0.3, 0.4) is 0 Å². The highest BCUT2D eigenvalue weighted by Gasteiger charge is 2.25. The van der Waals surface area contributed by atoms with E-state index in [0.717, 1.165) is 18.5 Å². The maximum absolute atomic E-state index is 12.1. The van der Waals surface area contributed by atoms with Gasteiger partial charge in [0.1, 0.15) is 0 Å². The van der Waals surface area contributed by atoms with Crippen molar-refractivity contribution in [2.45, 2.75) is 12.8 Å². The van der Waals surface area contributed by atoms with Crippen LogP contribution in [0.2, 0.25) is 0 Å². The van der Waals surface area contributed by atoms with E-state index in [-0.39, 0.29) is 5.92 Å². The van der Waals surface area contributed by atoms with Crippen LogP contribution in [-0.4, -0.2) is 35.8 Å². The van der Waals surface area contributed by atoms with E-state index in [0.29, 0.717) is 24.0 Å².